The lowest BCUT2D eigenvalue weighted by Gasteiger charge is -2.30. The Morgan fingerprint density at radius 1 is 0.905 bits per heavy atom. The molecule has 120 valence electrons. The lowest BCUT2D eigenvalue weighted by Crippen LogP contribution is -2.26. The van der Waals surface area contributed by atoms with E-state index < -0.39 is 0 Å². The van der Waals surface area contributed by atoms with Gasteiger partial charge in [-0.2, -0.15) is 0 Å². The molecule has 1 aliphatic carbocycles. The predicted octanol–water partition coefficient (Wildman–Crippen LogP) is 5.83. The summed E-state index contributed by atoms with van der Waals surface area (Å²) in [5, 5.41) is 0. The Hall–Kier alpha value is -0.920. The summed E-state index contributed by atoms with van der Waals surface area (Å²) in [5.41, 5.74) is 0.184. The maximum Gasteiger partial charge on any atom is 0.0496 e. The molecule has 0 aromatic heterocycles. The van der Waals surface area contributed by atoms with Crippen LogP contribution in [0.25, 0.3) is 0 Å². The third-order valence-electron chi connectivity index (χ3n) is 4.15. The molecular weight excluding hydrogens is 256 g/mol. The van der Waals surface area contributed by atoms with Gasteiger partial charge in [-0.3, -0.25) is 9.98 Å². The molecule has 1 aliphatic rings. The van der Waals surface area contributed by atoms with Crippen molar-refractivity contribution in [2.45, 2.75) is 85.1 Å². The minimum atomic E-state index is 0.0741. The second-order valence-corrected chi connectivity index (χ2v) is 7.89. The zero-order valence-electron chi connectivity index (χ0n) is 14.6. The Labute approximate surface area is 131 Å². The molecule has 1 fully saturated rings. The molecule has 0 N–H and O–H groups in total. The van der Waals surface area contributed by atoms with E-state index in [9.17, 15) is 0 Å². The van der Waals surface area contributed by atoms with E-state index in [2.05, 4.69) is 45.5 Å². The van der Waals surface area contributed by atoms with Crippen molar-refractivity contribution in [3.63, 3.8) is 0 Å². The topological polar surface area (TPSA) is 24.7 Å². The minimum absolute atomic E-state index is 0.0741. The Morgan fingerprint density at radius 2 is 1.43 bits per heavy atom. The van der Waals surface area contributed by atoms with Crippen molar-refractivity contribution in [3.05, 3.63) is 12.8 Å². The molecule has 0 radical (unpaired) electrons. The number of aliphatic imine (C=N–C) groups is 2. The van der Waals surface area contributed by atoms with E-state index in [1.54, 1.807) is 6.20 Å². The SMILES string of the molecule is C=C/N=C/C(C)(C)CC(C)(C)/C=N/C1CCCCCCC1. The quantitative estimate of drug-likeness (QED) is 0.550. The maximum atomic E-state index is 4.93. The summed E-state index contributed by atoms with van der Waals surface area (Å²) in [4.78, 5) is 9.13. The summed E-state index contributed by atoms with van der Waals surface area (Å²) in [6.07, 6.45) is 16.3. The van der Waals surface area contributed by atoms with Crippen LogP contribution in [0.2, 0.25) is 0 Å². The van der Waals surface area contributed by atoms with E-state index in [1.165, 1.54) is 44.9 Å². The third-order valence-corrected chi connectivity index (χ3v) is 4.15. The minimum Gasteiger partial charge on any atom is -0.294 e. The summed E-state index contributed by atoms with van der Waals surface area (Å²) >= 11 is 0. The Kier molecular flexibility index (Phi) is 7.34. The largest absolute Gasteiger partial charge is 0.294 e. The second kappa shape index (κ2) is 8.51. The Morgan fingerprint density at radius 3 is 2.00 bits per heavy atom. The van der Waals surface area contributed by atoms with Crippen molar-refractivity contribution in [3.8, 4) is 0 Å². The lowest BCUT2D eigenvalue weighted by molar-refractivity contribution is 0.347. The lowest BCUT2D eigenvalue weighted by atomic mass is 9.76. The van der Waals surface area contributed by atoms with E-state index in [1.807, 2.05) is 6.21 Å². The van der Waals surface area contributed by atoms with Crippen molar-refractivity contribution in [2.75, 3.05) is 0 Å². The van der Waals surface area contributed by atoms with E-state index in [-0.39, 0.29) is 10.8 Å². The monoisotopic (exact) mass is 290 g/mol. The average Bonchev–Trinajstić information content (AvgIpc) is 2.34. The number of hydrogen-bond acceptors (Lipinski definition) is 2. The fraction of sp³-hybridized carbons (Fsp3) is 0.789. The first-order valence-electron chi connectivity index (χ1n) is 8.54. The highest BCUT2D eigenvalue weighted by molar-refractivity contribution is 5.69. The summed E-state index contributed by atoms with van der Waals surface area (Å²) in [7, 11) is 0. The molecule has 2 heteroatoms. The van der Waals surface area contributed by atoms with Gasteiger partial charge in [0.15, 0.2) is 0 Å². The van der Waals surface area contributed by atoms with Crippen LogP contribution >= 0.6 is 0 Å². The molecule has 0 bridgehead atoms. The van der Waals surface area contributed by atoms with Crippen molar-refractivity contribution in [1.29, 1.82) is 0 Å². The molecule has 0 amide bonds. The summed E-state index contributed by atoms with van der Waals surface area (Å²) in [6.45, 7) is 12.7. The first-order valence-corrected chi connectivity index (χ1v) is 8.54. The molecular formula is C19H34N2. The third kappa shape index (κ3) is 8.18. The first kappa shape index (κ1) is 18.1. The van der Waals surface area contributed by atoms with Crippen LogP contribution in [0.15, 0.2) is 22.8 Å². The molecule has 0 spiro atoms. The average molecular weight is 290 g/mol. The van der Waals surface area contributed by atoms with Crippen molar-refractivity contribution >= 4 is 12.4 Å². The molecule has 0 aliphatic heterocycles. The van der Waals surface area contributed by atoms with Gasteiger partial charge in [-0.1, -0.05) is 66.4 Å². The highest BCUT2D eigenvalue weighted by Crippen LogP contribution is 2.31. The molecule has 0 aromatic rings. The number of nitrogens with zero attached hydrogens (tertiary/aromatic N) is 2. The molecule has 0 heterocycles. The van der Waals surface area contributed by atoms with Crippen molar-refractivity contribution in [1.82, 2.24) is 0 Å². The van der Waals surface area contributed by atoms with Crippen LogP contribution in [0.4, 0.5) is 0 Å². The van der Waals surface area contributed by atoms with Gasteiger partial charge >= 0.3 is 0 Å². The Bertz CT molecular complexity index is 356. The van der Waals surface area contributed by atoms with Gasteiger partial charge in [-0.15, -0.1) is 0 Å². The number of rotatable bonds is 6. The highest BCUT2D eigenvalue weighted by atomic mass is 14.8. The number of hydrogen-bond donors (Lipinski definition) is 0. The van der Waals surface area contributed by atoms with Crippen LogP contribution in [0.3, 0.4) is 0 Å². The van der Waals surface area contributed by atoms with Crippen LogP contribution in [0.5, 0.6) is 0 Å². The molecule has 21 heavy (non-hydrogen) atoms. The first-order chi connectivity index (χ1) is 9.85. The molecule has 0 atom stereocenters. The normalized spacial score (nSPS) is 19.8. The summed E-state index contributed by atoms with van der Waals surface area (Å²) < 4.78 is 0. The van der Waals surface area contributed by atoms with E-state index >= 15 is 0 Å². The summed E-state index contributed by atoms with van der Waals surface area (Å²) in [5.74, 6) is 0. The smallest absolute Gasteiger partial charge is 0.0496 e. The zero-order chi connectivity index (χ0) is 15.8. The molecule has 0 saturated heterocycles. The van der Waals surface area contributed by atoms with Gasteiger partial charge in [0.25, 0.3) is 0 Å². The van der Waals surface area contributed by atoms with Crippen LogP contribution in [0.1, 0.15) is 79.1 Å². The van der Waals surface area contributed by atoms with E-state index in [0.717, 1.165) is 6.42 Å². The van der Waals surface area contributed by atoms with Crippen molar-refractivity contribution in [2.24, 2.45) is 20.8 Å². The van der Waals surface area contributed by atoms with Crippen LogP contribution in [-0.2, 0) is 0 Å². The zero-order valence-corrected chi connectivity index (χ0v) is 14.6. The summed E-state index contributed by atoms with van der Waals surface area (Å²) in [6, 6.07) is 0.550. The molecule has 1 rings (SSSR count). The van der Waals surface area contributed by atoms with Gasteiger partial charge in [-0.25, -0.2) is 0 Å². The van der Waals surface area contributed by atoms with E-state index in [4.69, 9.17) is 4.99 Å². The highest BCUT2D eigenvalue weighted by Gasteiger charge is 2.26. The molecule has 0 unspecified atom stereocenters. The van der Waals surface area contributed by atoms with Crippen LogP contribution < -0.4 is 0 Å². The second-order valence-electron chi connectivity index (χ2n) is 7.89. The molecule has 0 aromatic carbocycles. The van der Waals surface area contributed by atoms with Gasteiger partial charge in [0.05, 0.1) is 0 Å². The fourth-order valence-electron chi connectivity index (χ4n) is 3.41. The van der Waals surface area contributed by atoms with Crippen molar-refractivity contribution < 1.29 is 0 Å². The van der Waals surface area contributed by atoms with Gasteiger partial charge in [-0.05, 0) is 19.3 Å². The maximum absolute atomic E-state index is 4.93. The Balaban J connectivity index is 2.58. The van der Waals surface area contributed by atoms with Crippen LogP contribution in [-0.4, -0.2) is 18.5 Å². The van der Waals surface area contributed by atoms with Gasteiger partial charge in [0.1, 0.15) is 0 Å². The fourth-order valence-corrected chi connectivity index (χ4v) is 3.41. The molecule has 1 saturated carbocycles. The van der Waals surface area contributed by atoms with Gasteiger partial charge < -0.3 is 0 Å². The predicted molar refractivity (Wildman–Crippen MR) is 95.5 cm³/mol. The van der Waals surface area contributed by atoms with E-state index in [0.29, 0.717) is 6.04 Å². The van der Waals surface area contributed by atoms with Gasteiger partial charge in [0.2, 0.25) is 0 Å². The standard InChI is InChI=1S/C19H34N2/c1-6-20-15-18(2,3)14-19(4,5)16-21-17-12-10-8-7-9-11-13-17/h6,15-17H,1,7-14H2,2-5H3/b20-15+,21-16+. The molecule has 2 nitrogen and oxygen atoms in total. The van der Waals surface area contributed by atoms with Gasteiger partial charge in [0, 0.05) is 35.5 Å². The van der Waals surface area contributed by atoms with Crippen LogP contribution in [0, 0.1) is 10.8 Å².